The molecule has 6 heteroatoms. The maximum absolute atomic E-state index is 5.58. The summed E-state index contributed by atoms with van der Waals surface area (Å²) in [4.78, 5) is 18.4. The van der Waals surface area contributed by atoms with Crippen molar-refractivity contribution >= 4 is 57.8 Å². The SMILES string of the molecule is CCC1=C(CC)c2nc1c(CC)c1[nH]c(cc3nc(cc4[nH]c(c2CC)c(CC)c4CC)C=C3)c(CC)c1CC.Cl.[Cr]. The summed E-state index contributed by atoms with van der Waals surface area (Å²) in [5.41, 5.74) is 20.4. The van der Waals surface area contributed by atoms with Gasteiger partial charge in [-0.15, -0.1) is 12.4 Å². The molecule has 42 heavy (non-hydrogen) atoms. The van der Waals surface area contributed by atoms with Gasteiger partial charge in [0.15, 0.2) is 0 Å². The number of aromatic nitrogens is 4. The molecule has 0 spiro atoms. The average Bonchev–Trinajstić information content (AvgIpc) is 3.73. The molecule has 0 saturated carbocycles. The summed E-state index contributed by atoms with van der Waals surface area (Å²) in [7, 11) is 0. The Kier molecular flexibility index (Phi) is 11.5. The summed E-state index contributed by atoms with van der Waals surface area (Å²) in [6, 6.07) is 4.47. The van der Waals surface area contributed by atoms with E-state index in [1.165, 1.54) is 78.0 Å². The van der Waals surface area contributed by atoms with Gasteiger partial charge in [0.25, 0.3) is 0 Å². The summed E-state index contributed by atoms with van der Waals surface area (Å²) < 4.78 is 0. The Labute approximate surface area is 269 Å². The Bertz CT molecular complexity index is 1570. The number of nitrogens with zero attached hydrogens (tertiary/aromatic N) is 2. The van der Waals surface area contributed by atoms with Gasteiger partial charge < -0.3 is 9.97 Å². The molecule has 224 valence electrons. The molecule has 0 fully saturated rings. The molecule has 3 aromatic heterocycles. The van der Waals surface area contributed by atoms with E-state index in [1.54, 1.807) is 0 Å². The zero-order valence-corrected chi connectivity index (χ0v) is 28.8. The molecule has 0 aromatic carbocycles. The second kappa shape index (κ2) is 14.3. The van der Waals surface area contributed by atoms with E-state index in [4.69, 9.17) is 9.97 Å². The number of allylic oxidation sites excluding steroid dienone is 2. The second-order valence-corrected chi connectivity index (χ2v) is 10.9. The van der Waals surface area contributed by atoms with Crippen LogP contribution in [0.1, 0.15) is 124 Å². The van der Waals surface area contributed by atoms with Gasteiger partial charge >= 0.3 is 0 Å². The maximum Gasteiger partial charge on any atom is 0.0725 e. The molecular weight excluding hydrogens is 576 g/mol. The first-order chi connectivity index (χ1) is 19.5. The number of rotatable bonds is 8. The van der Waals surface area contributed by atoms with Crippen molar-refractivity contribution in [1.29, 1.82) is 0 Å². The fraction of sp³-hybridized carbons (Fsp3) is 0.444. The van der Waals surface area contributed by atoms with E-state index in [9.17, 15) is 0 Å². The number of aryl methyl sites for hydroxylation is 6. The van der Waals surface area contributed by atoms with Crippen LogP contribution in [0.2, 0.25) is 0 Å². The van der Waals surface area contributed by atoms with Gasteiger partial charge in [-0.05, 0) is 109 Å². The summed E-state index contributed by atoms with van der Waals surface area (Å²) >= 11 is 0. The maximum atomic E-state index is 5.58. The van der Waals surface area contributed by atoms with Crippen LogP contribution in [0.15, 0.2) is 12.1 Å². The number of aromatic amines is 2. The Hall–Kier alpha value is -2.58. The van der Waals surface area contributed by atoms with Crippen LogP contribution in [0.4, 0.5) is 0 Å². The van der Waals surface area contributed by atoms with E-state index in [1.807, 2.05) is 0 Å². The Morgan fingerprint density at radius 2 is 0.833 bits per heavy atom. The fourth-order valence-electron chi connectivity index (χ4n) is 7.12. The number of hydrogen-bond acceptors (Lipinski definition) is 2. The van der Waals surface area contributed by atoms with Crippen LogP contribution >= 0.6 is 12.4 Å². The predicted molar refractivity (Wildman–Crippen MR) is 181 cm³/mol. The molecule has 4 nitrogen and oxygen atoms in total. The van der Waals surface area contributed by atoms with Gasteiger partial charge in [-0.2, -0.15) is 0 Å². The van der Waals surface area contributed by atoms with Crippen LogP contribution in [-0.2, 0) is 55.9 Å². The number of nitrogens with one attached hydrogen (secondary N) is 2. The van der Waals surface area contributed by atoms with Crippen LogP contribution in [0, 0.1) is 0 Å². The zero-order chi connectivity index (χ0) is 28.6. The number of hydrogen-bond donors (Lipinski definition) is 2. The van der Waals surface area contributed by atoms with Gasteiger partial charge in [0, 0.05) is 50.6 Å². The molecule has 0 atom stereocenters. The molecule has 0 aliphatic carbocycles. The van der Waals surface area contributed by atoms with E-state index in [-0.39, 0.29) is 29.8 Å². The minimum Gasteiger partial charge on any atom is -0.355 e. The average molecular weight is 623 g/mol. The van der Waals surface area contributed by atoms with Gasteiger partial charge in [-0.25, -0.2) is 9.97 Å². The Morgan fingerprint density at radius 1 is 0.476 bits per heavy atom. The number of halogens is 1. The molecule has 2 aliphatic heterocycles. The zero-order valence-electron chi connectivity index (χ0n) is 26.7. The largest absolute Gasteiger partial charge is 0.355 e. The number of fused-ring (bicyclic) bond motifs is 8. The van der Waals surface area contributed by atoms with Crippen molar-refractivity contribution in [3.05, 3.63) is 68.3 Å². The van der Waals surface area contributed by atoms with Gasteiger partial charge in [-0.1, -0.05) is 55.4 Å². The van der Waals surface area contributed by atoms with Crippen LogP contribution < -0.4 is 0 Å². The van der Waals surface area contributed by atoms with Crippen molar-refractivity contribution in [1.82, 2.24) is 19.9 Å². The summed E-state index contributed by atoms with van der Waals surface area (Å²) in [6.07, 6.45) is 12.1. The molecule has 5 heterocycles. The van der Waals surface area contributed by atoms with Crippen LogP contribution in [-0.4, -0.2) is 19.9 Å². The van der Waals surface area contributed by atoms with Gasteiger partial charge in [0.1, 0.15) is 0 Å². The van der Waals surface area contributed by atoms with Crippen molar-refractivity contribution in [2.24, 2.45) is 0 Å². The first kappa shape index (κ1) is 33.9. The molecule has 0 saturated heterocycles. The van der Waals surface area contributed by atoms with E-state index >= 15 is 0 Å². The standard InChI is InChI=1S/C36H46N4.ClH.Cr/c1-9-23-25(11-3)33-29(15-7)35-27(13-5)28(14-6)36(40-35)30(16-8)34-26(12-4)24(10-2)32(39-34)20-22-18-17-21(37-22)19-31(23)38-33;;/h17-20,38-39H,9-16H2,1-8H3;1H;. The fourth-order valence-corrected chi connectivity index (χ4v) is 7.12. The molecule has 8 bridgehead atoms. The Balaban J connectivity index is 0.00000242. The smallest absolute Gasteiger partial charge is 0.0725 e. The van der Waals surface area contributed by atoms with Crippen LogP contribution in [0.3, 0.4) is 0 Å². The third-order valence-electron chi connectivity index (χ3n) is 8.93. The van der Waals surface area contributed by atoms with Gasteiger partial charge in [0.05, 0.1) is 22.8 Å². The second-order valence-electron chi connectivity index (χ2n) is 10.9. The number of H-pyrrole nitrogens is 2. The Morgan fingerprint density at radius 3 is 1.14 bits per heavy atom. The van der Waals surface area contributed by atoms with E-state index in [0.29, 0.717) is 0 Å². The molecule has 0 radical (unpaired) electrons. The van der Waals surface area contributed by atoms with Crippen molar-refractivity contribution in [3.8, 4) is 0 Å². The van der Waals surface area contributed by atoms with E-state index < -0.39 is 0 Å². The van der Waals surface area contributed by atoms with Crippen molar-refractivity contribution in [2.45, 2.75) is 107 Å². The van der Waals surface area contributed by atoms with Crippen molar-refractivity contribution < 1.29 is 17.4 Å². The monoisotopic (exact) mass is 622 g/mol. The summed E-state index contributed by atoms with van der Waals surface area (Å²) in [5.74, 6) is 0. The minimum atomic E-state index is 0. The van der Waals surface area contributed by atoms with Gasteiger partial charge in [0.2, 0.25) is 0 Å². The van der Waals surface area contributed by atoms with Gasteiger partial charge in [-0.3, -0.25) is 0 Å². The molecule has 2 aliphatic rings. The molecule has 5 rings (SSSR count). The molecule has 3 aromatic rings. The quantitative estimate of drug-likeness (QED) is 0.205. The predicted octanol–water partition coefficient (Wildman–Crippen LogP) is 10.0. The van der Waals surface area contributed by atoms with E-state index in [2.05, 4.69) is 89.6 Å². The third-order valence-corrected chi connectivity index (χ3v) is 8.93. The molecular formula is C36H47ClCrN4. The topological polar surface area (TPSA) is 57.4 Å². The molecule has 0 unspecified atom stereocenters. The van der Waals surface area contributed by atoms with Crippen LogP contribution in [0.5, 0.6) is 0 Å². The first-order valence-electron chi connectivity index (χ1n) is 15.7. The first-order valence-corrected chi connectivity index (χ1v) is 15.7. The third kappa shape index (κ3) is 5.57. The minimum absolute atomic E-state index is 0. The molecule has 0 amide bonds. The summed E-state index contributed by atoms with van der Waals surface area (Å²) in [6.45, 7) is 18.3. The summed E-state index contributed by atoms with van der Waals surface area (Å²) in [5, 5.41) is 0. The van der Waals surface area contributed by atoms with Crippen molar-refractivity contribution in [2.75, 3.05) is 0 Å². The molecule has 2 N–H and O–H groups in total. The van der Waals surface area contributed by atoms with Crippen LogP contribution in [0.25, 0.3) is 45.4 Å². The normalized spacial score (nSPS) is 12.5. The van der Waals surface area contributed by atoms with E-state index in [0.717, 1.165) is 62.8 Å². The van der Waals surface area contributed by atoms with Crippen molar-refractivity contribution in [3.63, 3.8) is 0 Å².